The highest BCUT2D eigenvalue weighted by Gasteiger charge is 2.15. The second-order valence-electron chi connectivity index (χ2n) is 5.75. The number of methoxy groups -OCH3 is 1. The predicted molar refractivity (Wildman–Crippen MR) is 99.4 cm³/mol. The van der Waals surface area contributed by atoms with Crippen LogP contribution in [0.15, 0.2) is 66.7 Å². The Morgan fingerprint density at radius 2 is 1.71 bits per heavy atom. The van der Waals surface area contributed by atoms with Crippen molar-refractivity contribution >= 4 is 11.6 Å². The molecule has 144 valence electrons. The Morgan fingerprint density at radius 1 is 1.00 bits per heavy atom. The van der Waals surface area contributed by atoms with E-state index in [9.17, 15) is 18.0 Å². The molecule has 0 radical (unpaired) electrons. The summed E-state index contributed by atoms with van der Waals surface area (Å²) >= 11 is 0. The van der Waals surface area contributed by atoms with Crippen molar-refractivity contribution in [3.63, 3.8) is 0 Å². The van der Waals surface area contributed by atoms with Crippen molar-refractivity contribution in [3.8, 4) is 22.6 Å². The molecule has 0 atom stereocenters. The number of alkyl halides is 2. The Balaban J connectivity index is 1.95. The van der Waals surface area contributed by atoms with Crippen LogP contribution in [0, 0.1) is 5.82 Å². The molecule has 1 amide bonds. The van der Waals surface area contributed by atoms with Crippen LogP contribution < -0.4 is 14.8 Å². The third-order valence-corrected chi connectivity index (χ3v) is 3.97. The van der Waals surface area contributed by atoms with Gasteiger partial charge in [-0.3, -0.25) is 4.79 Å². The Morgan fingerprint density at radius 3 is 2.36 bits per heavy atom. The van der Waals surface area contributed by atoms with Crippen molar-refractivity contribution in [2.75, 3.05) is 12.4 Å². The third kappa shape index (κ3) is 4.43. The highest BCUT2D eigenvalue weighted by Crippen LogP contribution is 2.34. The van der Waals surface area contributed by atoms with E-state index in [2.05, 4.69) is 10.1 Å². The molecule has 0 aromatic heterocycles. The number of nitrogens with one attached hydrogen (secondary N) is 1. The first-order valence-corrected chi connectivity index (χ1v) is 8.27. The number of carbonyl (C=O) groups excluding carboxylic acids is 1. The second-order valence-corrected chi connectivity index (χ2v) is 5.75. The Bertz CT molecular complexity index is 975. The van der Waals surface area contributed by atoms with Crippen LogP contribution in [-0.4, -0.2) is 19.6 Å². The van der Waals surface area contributed by atoms with E-state index in [1.807, 2.05) is 0 Å². The lowest BCUT2D eigenvalue weighted by molar-refractivity contribution is -0.0494. The predicted octanol–water partition coefficient (Wildman–Crippen LogP) is 5.36. The smallest absolute Gasteiger partial charge is 0.387 e. The molecule has 3 aromatic rings. The maximum absolute atomic E-state index is 13.8. The molecule has 0 heterocycles. The van der Waals surface area contributed by atoms with Gasteiger partial charge in [0, 0.05) is 11.3 Å². The number of hydrogen-bond acceptors (Lipinski definition) is 3. The van der Waals surface area contributed by atoms with Crippen molar-refractivity contribution < 1.29 is 27.4 Å². The zero-order valence-corrected chi connectivity index (χ0v) is 14.8. The Hall–Kier alpha value is -3.48. The van der Waals surface area contributed by atoms with Gasteiger partial charge in [-0.1, -0.05) is 24.3 Å². The SMILES string of the molecule is COc1ccc(-c2cc(NC(=O)c3ccccc3F)ccc2OC(F)F)cc1. The van der Waals surface area contributed by atoms with E-state index in [4.69, 9.17) is 4.74 Å². The summed E-state index contributed by atoms with van der Waals surface area (Å²) in [5.41, 5.74) is 1.11. The fourth-order valence-electron chi connectivity index (χ4n) is 2.65. The van der Waals surface area contributed by atoms with Crippen LogP contribution in [-0.2, 0) is 0 Å². The molecule has 28 heavy (non-hydrogen) atoms. The molecule has 0 saturated heterocycles. The van der Waals surface area contributed by atoms with Crippen LogP contribution in [0.25, 0.3) is 11.1 Å². The number of benzene rings is 3. The lowest BCUT2D eigenvalue weighted by Gasteiger charge is -2.14. The molecule has 0 aliphatic rings. The normalized spacial score (nSPS) is 10.6. The molecule has 0 aliphatic heterocycles. The van der Waals surface area contributed by atoms with Crippen LogP contribution in [0.4, 0.5) is 18.9 Å². The van der Waals surface area contributed by atoms with Gasteiger partial charge >= 0.3 is 6.61 Å². The molecular formula is C21H16F3NO3. The summed E-state index contributed by atoms with van der Waals surface area (Å²) in [5, 5.41) is 2.57. The van der Waals surface area contributed by atoms with Crippen LogP contribution in [0.1, 0.15) is 10.4 Å². The lowest BCUT2D eigenvalue weighted by atomic mass is 10.0. The molecular weight excluding hydrogens is 371 g/mol. The zero-order valence-electron chi connectivity index (χ0n) is 14.8. The fourth-order valence-corrected chi connectivity index (χ4v) is 2.65. The first-order chi connectivity index (χ1) is 13.5. The monoisotopic (exact) mass is 387 g/mol. The van der Waals surface area contributed by atoms with Gasteiger partial charge in [-0.2, -0.15) is 8.78 Å². The molecule has 0 aliphatic carbocycles. The standard InChI is InChI=1S/C21H16F3NO3/c1-27-15-9-6-13(7-10-15)17-12-14(8-11-19(17)28-21(23)24)25-20(26)16-4-2-3-5-18(16)22/h2-12,21H,1H3,(H,25,26). The van der Waals surface area contributed by atoms with Gasteiger partial charge in [0.2, 0.25) is 0 Å². The van der Waals surface area contributed by atoms with Gasteiger partial charge in [-0.05, 0) is 48.0 Å². The van der Waals surface area contributed by atoms with Gasteiger partial charge in [-0.25, -0.2) is 4.39 Å². The third-order valence-electron chi connectivity index (χ3n) is 3.97. The molecule has 0 spiro atoms. The number of halogens is 3. The van der Waals surface area contributed by atoms with Crippen molar-refractivity contribution in [1.29, 1.82) is 0 Å². The van der Waals surface area contributed by atoms with Gasteiger partial charge in [-0.15, -0.1) is 0 Å². The fraction of sp³-hybridized carbons (Fsp3) is 0.0952. The van der Waals surface area contributed by atoms with Gasteiger partial charge < -0.3 is 14.8 Å². The van der Waals surface area contributed by atoms with E-state index < -0.39 is 18.3 Å². The summed E-state index contributed by atoms with van der Waals surface area (Å²) in [6.07, 6.45) is 0. The first-order valence-electron chi connectivity index (χ1n) is 8.27. The molecule has 3 rings (SSSR count). The maximum Gasteiger partial charge on any atom is 0.387 e. The summed E-state index contributed by atoms with van der Waals surface area (Å²) < 4.78 is 49.0. The summed E-state index contributed by atoms with van der Waals surface area (Å²) in [7, 11) is 1.51. The van der Waals surface area contributed by atoms with E-state index in [-0.39, 0.29) is 11.3 Å². The van der Waals surface area contributed by atoms with Crippen molar-refractivity contribution in [2.24, 2.45) is 0 Å². The second kappa shape index (κ2) is 8.47. The minimum atomic E-state index is -3.00. The lowest BCUT2D eigenvalue weighted by Crippen LogP contribution is -2.14. The van der Waals surface area contributed by atoms with Crippen molar-refractivity contribution in [2.45, 2.75) is 6.61 Å². The molecule has 1 N–H and O–H groups in total. The van der Waals surface area contributed by atoms with Crippen molar-refractivity contribution in [3.05, 3.63) is 78.1 Å². The minimum absolute atomic E-state index is 0.0518. The van der Waals surface area contributed by atoms with E-state index in [0.29, 0.717) is 22.6 Å². The van der Waals surface area contributed by atoms with Crippen molar-refractivity contribution in [1.82, 2.24) is 0 Å². The van der Waals surface area contributed by atoms with Gasteiger partial charge in [0.1, 0.15) is 17.3 Å². The molecule has 0 fully saturated rings. The van der Waals surface area contributed by atoms with Crippen LogP contribution in [0.2, 0.25) is 0 Å². The maximum atomic E-state index is 13.8. The Labute approximate surface area is 159 Å². The molecule has 0 bridgehead atoms. The van der Waals surface area contributed by atoms with Gasteiger partial charge in [0.25, 0.3) is 5.91 Å². The summed E-state index contributed by atoms with van der Waals surface area (Å²) in [5.74, 6) is -0.762. The van der Waals surface area contributed by atoms with Crippen LogP contribution in [0.5, 0.6) is 11.5 Å². The number of ether oxygens (including phenoxy) is 2. The summed E-state index contributed by atoms with van der Waals surface area (Å²) in [4.78, 5) is 12.3. The number of anilines is 1. The number of rotatable bonds is 6. The molecule has 7 heteroatoms. The van der Waals surface area contributed by atoms with E-state index in [0.717, 1.165) is 0 Å². The summed E-state index contributed by atoms with van der Waals surface area (Å²) in [6.45, 7) is -3.00. The zero-order chi connectivity index (χ0) is 20.1. The highest BCUT2D eigenvalue weighted by atomic mass is 19.3. The average Bonchev–Trinajstić information content (AvgIpc) is 2.69. The molecule has 3 aromatic carbocycles. The number of hydrogen-bond donors (Lipinski definition) is 1. The molecule has 4 nitrogen and oxygen atoms in total. The van der Waals surface area contributed by atoms with Crippen LogP contribution in [0.3, 0.4) is 0 Å². The minimum Gasteiger partial charge on any atom is -0.497 e. The number of amides is 1. The Kier molecular flexibility index (Phi) is 5.84. The average molecular weight is 387 g/mol. The first kappa shape index (κ1) is 19.3. The van der Waals surface area contributed by atoms with Gasteiger partial charge in [0.05, 0.1) is 12.7 Å². The number of carbonyl (C=O) groups is 1. The molecule has 0 unspecified atom stereocenters. The summed E-state index contributed by atoms with van der Waals surface area (Å²) in [6, 6.07) is 16.5. The topological polar surface area (TPSA) is 47.6 Å². The van der Waals surface area contributed by atoms with E-state index in [1.54, 1.807) is 30.3 Å². The van der Waals surface area contributed by atoms with Crippen LogP contribution >= 0.6 is 0 Å². The van der Waals surface area contributed by atoms with Gasteiger partial charge in [0.15, 0.2) is 0 Å². The highest BCUT2D eigenvalue weighted by molar-refractivity contribution is 6.04. The molecule has 0 saturated carbocycles. The van der Waals surface area contributed by atoms with E-state index in [1.165, 1.54) is 43.5 Å². The van der Waals surface area contributed by atoms with E-state index >= 15 is 0 Å². The largest absolute Gasteiger partial charge is 0.497 e. The quantitative estimate of drug-likeness (QED) is 0.620.